The molecule has 0 saturated carbocycles. The van der Waals surface area contributed by atoms with Crippen molar-refractivity contribution < 1.29 is 14.3 Å². The molecular formula is C11H14ClNO3. The van der Waals surface area contributed by atoms with Gasteiger partial charge >= 0.3 is 5.97 Å². The Hall–Kier alpha value is -1.42. The molecule has 5 heteroatoms. The molecule has 1 aromatic rings. The van der Waals surface area contributed by atoms with E-state index in [1.165, 1.54) is 6.92 Å². The number of ether oxygens (including phenoxy) is 2. The maximum Gasteiger partial charge on any atom is 0.305 e. The number of anilines is 1. The van der Waals surface area contributed by atoms with Crippen LogP contribution in [0.4, 0.5) is 5.69 Å². The minimum Gasteiger partial charge on any atom is -0.454 e. The molecule has 1 atom stereocenters. The molecule has 4 nitrogen and oxygen atoms in total. The first kappa shape index (κ1) is 12.6. The molecule has 1 heterocycles. The van der Waals surface area contributed by atoms with Crippen molar-refractivity contribution in [2.45, 2.75) is 26.1 Å². The minimum absolute atomic E-state index is 0. The van der Waals surface area contributed by atoms with Crippen LogP contribution in [0.25, 0.3) is 0 Å². The van der Waals surface area contributed by atoms with E-state index in [2.05, 4.69) is 0 Å². The van der Waals surface area contributed by atoms with Crippen molar-refractivity contribution in [3.05, 3.63) is 23.8 Å². The van der Waals surface area contributed by atoms with Crippen LogP contribution >= 0.6 is 12.4 Å². The van der Waals surface area contributed by atoms with Crippen LogP contribution in [0.3, 0.4) is 0 Å². The zero-order valence-corrected chi connectivity index (χ0v) is 9.75. The molecule has 88 valence electrons. The Morgan fingerprint density at radius 2 is 2.31 bits per heavy atom. The van der Waals surface area contributed by atoms with Gasteiger partial charge in [0.05, 0.1) is 0 Å². The van der Waals surface area contributed by atoms with Crippen molar-refractivity contribution in [1.82, 2.24) is 0 Å². The predicted octanol–water partition coefficient (Wildman–Crippen LogP) is 1.90. The van der Waals surface area contributed by atoms with E-state index in [0.717, 1.165) is 23.4 Å². The van der Waals surface area contributed by atoms with E-state index in [0.29, 0.717) is 6.42 Å². The fourth-order valence-electron chi connectivity index (χ4n) is 1.65. The first-order valence-electron chi connectivity index (χ1n) is 4.87. The maximum absolute atomic E-state index is 10.8. The molecule has 0 saturated heterocycles. The standard InChI is InChI=1S/C11H13NO3.ClH/c1-7(13)14-11-5-2-8-6-9(12)3-4-10(8)15-11;/h3-4,6,11H,2,5,12H2,1H3;1H/t11-;/m1./s1. The van der Waals surface area contributed by atoms with E-state index in [4.69, 9.17) is 15.2 Å². The molecule has 0 aromatic heterocycles. The zero-order valence-electron chi connectivity index (χ0n) is 8.93. The van der Waals surface area contributed by atoms with Gasteiger partial charge in [0.1, 0.15) is 5.75 Å². The lowest BCUT2D eigenvalue weighted by molar-refractivity contribution is -0.162. The van der Waals surface area contributed by atoms with Gasteiger partial charge in [0, 0.05) is 19.0 Å². The molecule has 2 N–H and O–H groups in total. The highest BCUT2D eigenvalue weighted by molar-refractivity contribution is 5.85. The highest BCUT2D eigenvalue weighted by Crippen LogP contribution is 2.29. The molecule has 0 fully saturated rings. The van der Waals surface area contributed by atoms with E-state index >= 15 is 0 Å². The zero-order chi connectivity index (χ0) is 10.8. The first-order chi connectivity index (χ1) is 7.15. The number of esters is 1. The Morgan fingerprint density at radius 1 is 1.56 bits per heavy atom. The normalized spacial score (nSPS) is 17.7. The molecule has 0 radical (unpaired) electrons. The molecule has 1 aliphatic rings. The minimum atomic E-state index is -0.460. The third kappa shape index (κ3) is 2.79. The largest absolute Gasteiger partial charge is 0.454 e. The van der Waals surface area contributed by atoms with Crippen molar-refractivity contribution in [2.75, 3.05) is 5.73 Å². The number of benzene rings is 1. The van der Waals surface area contributed by atoms with E-state index in [1.54, 1.807) is 12.1 Å². The summed E-state index contributed by atoms with van der Waals surface area (Å²) in [5, 5.41) is 0. The average Bonchev–Trinajstić information content (AvgIpc) is 2.17. The summed E-state index contributed by atoms with van der Waals surface area (Å²) in [5.74, 6) is 0.431. The van der Waals surface area contributed by atoms with Crippen LogP contribution < -0.4 is 10.5 Å². The summed E-state index contributed by atoms with van der Waals surface area (Å²) < 4.78 is 10.5. The van der Waals surface area contributed by atoms with Gasteiger partial charge in [-0.25, -0.2) is 0 Å². The highest BCUT2D eigenvalue weighted by Gasteiger charge is 2.21. The van der Waals surface area contributed by atoms with Crippen LogP contribution in [0, 0.1) is 0 Å². The molecular weight excluding hydrogens is 230 g/mol. The second-order valence-corrected chi connectivity index (χ2v) is 3.56. The Bertz CT molecular complexity index is 395. The number of rotatable bonds is 1. The number of carbonyl (C=O) groups is 1. The smallest absolute Gasteiger partial charge is 0.305 e. The predicted molar refractivity (Wildman–Crippen MR) is 62.6 cm³/mol. The second kappa shape index (κ2) is 5.07. The molecule has 0 unspecified atom stereocenters. The molecule has 0 spiro atoms. The van der Waals surface area contributed by atoms with Gasteiger partial charge in [-0.15, -0.1) is 12.4 Å². The molecule has 16 heavy (non-hydrogen) atoms. The molecule has 0 amide bonds. The number of hydrogen-bond acceptors (Lipinski definition) is 4. The highest BCUT2D eigenvalue weighted by atomic mass is 35.5. The Kier molecular flexibility index (Phi) is 4.01. The molecule has 1 aliphatic heterocycles. The van der Waals surface area contributed by atoms with Gasteiger partial charge in [0.15, 0.2) is 0 Å². The van der Waals surface area contributed by atoms with Gasteiger partial charge < -0.3 is 15.2 Å². The van der Waals surface area contributed by atoms with Crippen LogP contribution in [-0.4, -0.2) is 12.3 Å². The topological polar surface area (TPSA) is 61.5 Å². The fourth-order valence-corrected chi connectivity index (χ4v) is 1.65. The summed E-state index contributed by atoms with van der Waals surface area (Å²) in [4.78, 5) is 10.8. The lowest BCUT2D eigenvalue weighted by Crippen LogP contribution is -2.27. The molecule has 0 bridgehead atoms. The van der Waals surface area contributed by atoms with Crippen molar-refractivity contribution in [3.63, 3.8) is 0 Å². The van der Waals surface area contributed by atoms with Gasteiger partial charge in [0.2, 0.25) is 6.29 Å². The van der Waals surface area contributed by atoms with E-state index in [9.17, 15) is 4.79 Å². The number of nitrogen functional groups attached to an aromatic ring is 1. The average molecular weight is 244 g/mol. The van der Waals surface area contributed by atoms with E-state index in [1.807, 2.05) is 6.07 Å². The summed E-state index contributed by atoms with van der Waals surface area (Å²) in [5.41, 5.74) is 7.45. The number of aryl methyl sites for hydroxylation is 1. The van der Waals surface area contributed by atoms with Crippen LogP contribution in [0.5, 0.6) is 5.75 Å². The number of nitrogens with two attached hydrogens (primary N) is 1. The second-order valence-electron chi connectivity index (χ2n) is 3.56. The van der Waals surface area contributed by atoms with Crippen molar-refractivity contribution in [1.29, 1.82) is 0 Å². The van der Waals surface area contributed by atoms with Crippen LogP contribution in [0.1, 0.15) is 18.9 Å². The number of hydrogen-bond donors (Lipinski definition) is 1. The quantitative estimate of drug-likeness (QED) is 0.605. The van der Waals surface area contributed by atoms with Crippen LogP contribution in [-0.2, 0) is 16.0 Å². The lowest BCUT2D eigenvalue weighted by Gasteiger charge is -2.25. The monoisotopic (exact) mass is 243 g/mol. The van der Waals surface area contributed by atoms with Gasteiger partial charge in [-0.2, -0.15) is 0 Å². The Balaban J connectivity index is 0.00000128. The maximum atomic E-state index is 10.8. The molecule has 1 aromatic carbocycles. The van der Waals surface area contributed by atoms with Gasteiger partial charge in [-0.05, 0) is 30.2 Å². The van der Waals surface area contributed by atoms with Gasteiger partial charge in [-0.1, -0.05) is 0 Å². The van der Waals surface area contributed by atoms with Crippen molar-refractivity contribution >= 4 is 24.1 Å². The summed E-state index contributed by atoms with van der Waals surface area (Å²) in [6.45, 7) is 1.38. The van der Waals surface area contributed by atoms with E-state index < -0.39 is 6.29 Å². The van der Waals surface area contributed by atoms with Crippen LogP contribution in [0.15, 0.2) is 18.2 Å². The molecule has 0 aliphatic carbocycles. The summed E-state index contributed by atoms with van der Waals surface area (Å²) in [6.07, 6.45) is 1.03. The van der Waals surface area contributed by atoms with Gasteiger partial charge in [0.25, 0.3) is 0 Å². The number of fused-ring (bicyclic) bond motifs is 1. The Labute approximate surface area is 100 Å². The first-order valence-corrected chi connectivity index (χ1v) is 4.87. The SMILES string of the molecule is CC(=O)O[C@H]1CCc2cc(N)ccc2O1.Cl. The number of carbonyl (C=O) groups excluding carboxylic acids is 1. The fraction of sp³-hybridized carbons (Fsp3) is 0.364. The van der Waals surface area contributed by atoms with Crippen molar-refractivity contribution in [2.24, 2.45) is 0 Å². The third-order valence-corrected chi connectivity index (χ3v) is 2.29. The molecule has 2 rings (SSSR count). The number of halogens is 1. The summed E-state index contributed by atoms with van der Waals surface area (Å²) in [6, 6.07) is 5.47. The Morgan fingerprint density at radius 3 is 3.00 bits per heavy atom. The third-order valence-electron chi connectivity index (χ3n) is 2.29. The summed E-state index contributed by atoms with van der Waals surface area (Å²) >= 11 is 0. The van der Waals surface area contributed by atoms with E-state index in [-0.39, 0.29) is 18.4 Å². The lowest BCUT2D eigenvalue weighted by atomic mass is 10.1. The van der Waals surface area contributed by atoms with Gasteiger partial charge in [-0.3, -0.25) is 4.79 Å². The van der Waals surface area contributed by atoms with Crippen molar-refractivity contribution in [3.8, 4) is 5.75 Å². The van der Waals surface area contributed by atoms with Crippen LogP contribution in [0.2, 0.25) is 0 Å². The summed E-state index contributed by atoms with van der Waals surface area (Å²) in [7, 11) is 0.